The molecule has 1 aliphatic rings. The Bertz CT molecular complexity index is 779. The number of carbonyl (C=O) groups excluding carboxylic acids is 1. The van der Waals surface area contributed by atoms with Crippen molar-refractivity contribution in [3.05, 3.63) is 65.7 Å². The first-order valence-electron chi connectivity index (χ1n) is 8.89. The number of amides is 1. The molecule has 27 heavy (non-hydrogen) atoms. The van der Waals surface area contributed by atoms with Crippen molar-refractivity contribution in [3.8, 4) is 0 Å². The molecule has 3 rings (SSSR count). The molecule has 1 heterocycles. The first-order valence-corrected chi connectivity index (χ1v) is 9.87. The zero-order valence-electron chi connectivity index (χ0n) is 15.2. The lowest BCUT2D eigenvalue weighted by Gasteiger charge is -2.23. The van der Waals surface area contributed by atoms with E-state index in [9.17, 15) is 9.59 Å². The Labute approximate surface area is 163 Å². The number of carboxylic acid groups (broad SMARTS) is 1. The van der Waals surface area contributed by atoms with Crippen LogP contribution in [0.2, 0.25) is 0 Å². The Morgan fingerprint density at radius 2 is 1.85 bits per heavy atom. The fourth-order valence-electron chi connectivity index (χ4n) is 3.29. The Kier molecular flexibility index (Phi) is 6.53. The number of methoxy groups -OCH3 is 1. The van der Waals surface area contributed by atoms with Gasteiger partial charge < -0.3 is 14.7 Å². The number of hydrogen-bond acceptors (Lipinski definition) is 4. The third-order valence-electron chi connectivity index (χ3n) is 4.73. The highest BCUT2D eigenvalue weighted by molar-refractivity contribution is 7.98. The maximum Gasteiger partial charge on any atom is 0.305 e. The summed E-state index contributed by atoms with van der Waals surface area (Å²) in [6, 6.07) is 17.4. The van der Waals surface area contributed by atoms with Crippen LogP contribution in [0.3, 0.4) is 0 Å². The van der Waals surface area contributed by atoms with Gasteiger partial charge in [0.25, 0.3) is 5.91 Å². The van der Waals surface area contributed by atoms with Gasteiger partial charge in [0.2, 0.25) is 0 Å². The van der Waals surface area contributed by atoms with E-state index < -0.39 is 5.97 Å². The SMILES string of the molecule is COC1CC(CC(=O)O)N(C(=O)c2ccc(SCc3ccccc3)cc2)C1. The maximum atomic E-state index is 12.9. The minimum Gasteiger partial charge on any atom is -0.481 e. The van der Waals surface area contributed by atoms with E-state index in [1.807, 2.05) is 42.5 Å². The van der Waals surface area contributed by atoms with Crippen LogP contribution in [-0.2, 0) is 15.3 Å². The Hall–Kier alpha value is -2.31. The predicted molar refractivity (Wildman–Crippen MR) is 105 cm³/mol. The van der Waals surface area contributed by atoms with Crippen LogP contribution in [0.1, 0.15) is 28.8 Å². The molecule has 1 N–H and O–H groups in total. The van der Waals surface area contributed by atoms with Crippen molar-refractivity contribution >= 4 is 23.6 Å². The molecule has 0 spiro atoms. The van der Waals surface area contributed by atoms with Crippen molar-refractivity contribution < 1.29 is 19.4 Å². The Balaban J connectivity index is 1.64. The third-order valence-corrected chi connectivity index (χ3v) is 5.81. The number of aliphatic carboxylic acids is 1. The number of carbonyl (C=O) groups is 2. The Morgan fingerprint density at radius 3 is 2.48 bits per heavy atom. The lowest BCUT2D eigenvalue weighted by molar-refractivity contribution is -0.137. The predicted octanol–water partition coefficient (Wildman–Crippen LogP) is 3.68. The van der Waals surface area contributed by atoms with E-state index in [1.165, 1.54) is 5.56 Å². The molecule has 142 valence electrons. The minimum atomic E-state index is -0.901. The molecule has 2 aromatic carbocycles. The van der Waals surface area contributed by atoms with Gasteiger partial charge in [0.15, 0.2) is 0 Å². The largest absolute Gasteiger partial charge is 0.481 e. The maximum absolute atomic E-state index is 12.9. The number of thioether (sulfide) groups is 1. The van der Waals surface area contributed by atoms with Gasteiger partial charge in [0, 0.05) is 35.9 Å². The van der Waals surface area contributed by atoms with Crippen LogP contribution in [0, 0.1) is 0 Å². The summed E-state index contributed by atoms with van der Waals surface area (Å²) < 4.78 is 5.34. The summed E-state index contributed by atoms with van der Waals surface area (Å²) in [4.78, 5) is 26.7. The highest BCUT2D eigenvalue weighted by Gasteiger charge is 2.36. The molecule has 2 aromatic rings. The summed E-state index contributed by atoms with van der Waals surface area (Å²) in [5, 5.41) is 9.11. The minimum absolute atomic E-state index is 0.0589. The van der Waals surface area contributed by atoms with Gasteiger partial charge >= 0.3 is 5.97 Å². The molecule has 5 nitrogen and oxygen atoms in total. The smallest absolute Gasteiger partial charge is 0.305 e. The molecule has 0 bridgehead atoms. The van der Waals surface area contributed by atoms with Crippen LogP contribution in [0.5, 0.6) is 0 Å². The summed E-state index contributed by atoms with van der Waals surface area (Å²) in [6.45, 7) is 0.428. The molecule has 1 aliphatic heterocycles. The van der Waals surface area contributed by atoms with Crippen LogP contribution in [-0.4, -0.2) is 47.7 Å². The second-order valence-corrected chi connectivity index (χ2v) is 7.65. The average molecular weight is 385 g/mol. The van der Waals surface area contributed by atoms with Gasteiger partial charge in [0.05, 0.1) is 12.5 Å². The zero-order chi connectivity index (χ0) is 19.2. The third kappa shape index (κ3) is 5.11. The zero-order valence-corrected chi connectivity index (χ0v) is 16.0. The number of carboxylic acids is 1. The molecule has 6 heteroatoms. The van der Waals surface area contributed by atoms with Gasteiger partial charge in [-0.15, -0.1) is 11.8 Å². The Morgan fingerprint density at radius 1 is 1.15 bits per heavy atom. The molecule has 0 aromatic heterocycles. The van der Waals surface area contributed by atoms with Gasteiger partial charge in [-0.25, -0.2) is 0 Å². The molecule has 1 amide bonds. The van der Waals surface area contributed by atoms with Gasteiger partial charge in [-0.1, -0.05) is 30.3 Å². The van der Waals surface area contributed by atoms with Crippen LogP contribution in [0.25, 0.3) is 0 Å². The highest BCUT2D eigenvalue weighted by atomic mass is 32.2. The van der Waals surface area contributed by atoms with Crippen molar-refractivity contribution in [1.82, 2.24) is 4.90 Å². The molecule has 0 saturated carbocycles. The summed E-state index contributed by atoms with van der Waals surface area (Å²) in [5.74, 6) is -0.168. The second-order valence-electron chi connectivity index (χ2n) is 6.60. The fraction of sp³-hybridized carbons (Fsp3) is 0.333. The highest BCUT2D eigenvalue weighted by Crippen LogP contribution is 2.27. The average Bonchev–Trinajstić information content (AvgIpc) is 3.09. The van der Waals surface area contributed by atoms with Crippen LogP contribution < -0.4 is 0 Å². The first kappa shape index (κ1) is 19.5. The second kappa shape index (κ2) is 9.06. The van der Waals surface area contributed by atoms with Crippen molar-refractivity contribution in [2.45, 2.75) is 35.6 Å². The van der Waals surface area contributed by atoms with Crippen LogP contribution in [0.15, 0.2) is 59.5 Å². The van der Waals surface area contributed by atoms with Gasteiger partial charge in [-0.3, -0.25) is 9.59 Å². The lowest BCUT2D eigenvalue weighted by Crippen LogP contribution is -2.37. The summed E-state index contributed by atoms with van der Waals surface area (Å²) in [5.41, 5.74) is 1.83. The van der Waals surface area contributed by atoms with Gasteiger partial charge in [-0.05, 0) is 36.2 Å². The summed E-state index contributed by atoms with van der Waals surface area (Å²) >= 11 is 1.72. The molecule has 0 radical (unpaired) electrons. The van der Waals surface area contributed by atoms with Gasteiger partial charge in [-0.2, -0.15) is 0 Å². The monoisotopic (exact) mass is 385 g/mol. The lowest BCUT2D eigenvalue weighted by atomic mass is 10.1. The van der Waals surface area contributed by atoms with E-state index in [0.717, 1.165) is 10.6 Å². The standard InChI is InChI=1S/C21H23NO4S/c1-26-18-11-17(12-20(23)24)22(13-18)21(25)16-7-9-19(10-8-16)27-14-15-5-3-2-4-6-15/h2-10,17-18H,11-14H2,1H3,(H,23,24). The molecular formula is C21H23NO4S. The number of benzene rings is 2. The van der Waals surface area contributed by atoms with E-state index in [4.69, 9.17) is 9.84 Å². The van der Waals surface area contributed by atoms with Crippen molar-refractivity contribution in [2.24, 2.45) is 0 Å². The summed E-state index contributed by atoms with van der Waals surface area (Å²) in [6.07, 6.45) is 0.384. The molecule has 1 saturated heterocycles. The quantitative estimate of drug-likeness (QED) is 0.737. The fourth-order valence-corrected chi connectivity index (χ4v) is 4.14. The van der Waals surface area contributed by atoms with Crippen molar-refractivity contribution in [1.29, 1.82) is 0 Å². The topological polar surface area (TPSA) is 66.8 Å². The van der Waals surface area contributed by atoms with E-state index >= 15 is 0 Å². The van der Waals surface area contributed by atoms with Crippen molar-refractivity contribution in [3.63, 3.8) is 0 Å². The molecule has 0 aliphatic carbocycles. The molecule has 2 atom stereocenters. The molecular weight excluding hydrogens is 362 g/mol. The van der Waals surface area contributed by atoms with Crippen molar-refractivity contribution in [2.75, 3.05) is 13.7 Å². The van der Waals surface area contributed by atoms with Crippen LogP contribution >= 0.6 is 11.8 Å². The van der Waals surface area contributed by atoms with Gasteiger partial charge in [0.1, 0.15) is 0 Å². The van der Waals surface area contributed by atoms with E-state index in [1.54, 1.807) is 23.8 Å². The van der Waals surface area contributed by atoms with Crippen LogP contribution in [0.4, 0.5) is 0 Å². The normalized spacial score (nSPS) is 19.2. The number of likely N-dealkylation sites (tertiary alicyclic amines) is 1. The molecule has 1 fully saturated rings. The first-order chi connectivity index (χ1) is 13.1. The number of rotatable bonds is 7. The molecule has 2 unspecified atom stereocenters. The van der Waals surface area contributed by atoms with E-state index in [-0.39, 0.29) is 24.5 Å². The number of nitrogens with zero attached hydrogens (tertiary/aromatic N) is 1. The summed E-state index contributed by atoms with van der Waals surface area (Å²) in [7, 11) is 1.59. The van der Waals surface area contributed by atoms with E-state index in [0.29, 0.717) is 18.5 Å². The number of ether oxygens (including phenoxy) is 1. The number of hydrogen-bond donors (Lipinski definition) is 1. The van der Waals surface area contributed by atoms with E-state index in [2.05, 4.69) is 12.1 Å².